The minimum Gasteiger partial charge on any atom is -0.481 e. The molecule has 0 saturated heterocycles. The van der Waals surface area contributed by atoms with E-state index in [1.54, 1.807) is 13.2 Å². The van der Waals surface area contributed by atoms with E-state index < -0.39 is 6.10 Å². The zero-order chi connectivity index (χ0) is 16.2. The molecule has 0 bridgehead atoms. The van der Waals surface area contributed by atoms with Crippen LogP contribution in [0.2, 0.25) is 0 Å². The predicted molar refractivity (Wildman–Crippen MR) is 88.6 cm³/mol. The Hall–Kier alpha value is -2.14. The summed E-state index contributed by atoms with van der Waals surface area (Å²) < 4.78 is 5.28. The fourth-order valence-electron chi connectivity index (χ4n) is 3.24. The second-order valence-corrected chi connectivity index (χ2v) is 6.06. The van der Waals surface area contributed by atoms with Gasteiger partial charge in [0.25, 0.3) is 5.91 Å². The van der Waals surface area contributed by atoms with Gasteiger partial charge in [0.2, 0.25) is 5.88 Å². The normalized spacial score (nSPS) is 16.4. The zero-order valence-electron chi connectivity index (χ0n) is 13.3. The Balaban J connectivity index is 1.72. The molecule has 2 N–H and O–H groups in total. The molecule has 1 aromatic carbocycles. The lowest BCUT2D eigenvalue weighted by molar-refractivity contribution is 0.0836. The Labute approximate surface area is 135 Å². The number of carbonyl (C=O) groups is 1. The van der Waals surface area contributed by atoms with Crippen LogP contribution in [0.3, 0.4) is 0 Å². The highest BCUT2D eigenvalue weighted by Crippen LogP contribution is 2.27. The van der Waals surface area contributed by atoms with E-state index in [4.69, 9.17) is 4.74 Å². The van der Waals surface area contributed by atoms with E-state index in [-0.39, 0.29) is 12.5 Å². The van der Waals surface area contributed by atoms with Crippen molar-refractivity contribution in [1.82, 2.24) is 10.3 Å². The minimum atomic E-state index is -0.483. The maximum atomic E-state index is 12.3. The first-order valence-corrected chi connectivity index (χ1v) is 8.09. The first-order valence-electron chi connectivity index (χ1n) is 8.09. The number of nitrogens with one attached hydrogen (secondary N) is 1. The number of methoxy groups -OCH3 is 1. The number of aliphatic hydroxyl groups is 1. The Morgan fingerprint density at radius 2 is 2.13 bits per heavy atom. The number of rotatable bonds is 5. The number of carbonyl (C=O) groups excluding carboxylic acids is 1. The third kappa shape index (κ3) is 3.45. The van der Waals surface area contributed by atoms with Crippen molar-refractivity contribution in [3.8, 4) is 5.88 Å². The van der Waals surface area contributed by atoms with Gasteiger partial charge >= 0.3 is 0 Å². The second kappa shape index (κ2) is 6.96. The summed E-state index contributed by atoms with van der Waals surface area (Å²) in [5, 5.41) is 14.7. The maximum Gasteiger partial charge on any atom is 0.270 e. The molecular weight excluding hydrogens is 292 g/mol. The molecule has 0 spiro atoms. The summed E-state index contributed by atoms with van der Waals surface area (Å²) in [4.78, 5) is 16.6. The largest absolute Gasteiger partial charge is 0.481 e. The highest BCUT2D eigenvalue weighted by Gasteiger charge is 2.23. The molecule has 1 heterocycles. The Morgan fingerprint density at radius 3 is 2.87 bits per heavy atom. The summed E-state index contributed by atoms with van der Waals surface area (Å²) in [5.74, 6) is 0.449. The highest BCUT2D eigenvalue weighted by molar-refractivity contribution is 5.98. The van der Waals surface area contributed by atoms with Gasteiger partial charge in [0.15, 0.2) is 0 Å². The smallest absolute Gasteiger partial charge is 0.270 e. The number of hydrogen-bond acceptors (Lipinski definition) is 4. The van der Waals surface area contributed by atoms with Crippen LogP contribution in [0, 0.1) is 5.92 Å². The summed E-state index contributed by atoms with van der Waals surface area (Å²) >= 11 is 0. The van der Waals surface area contributed by atoms with Crippen molar-refractivity contribution < 1.29 is 14.6 Å². The number of ether oxygens (including phenoxy) is 1. The molecule has 1 saturated carbocycles. The summed E-state index contributed by atoms with van der Waals surface area (Å²) in [6, 6.07) is 9.39. The van der Waals surface area contributed by atoms with Crippen molar-refractivity contribution in [2.45, 2.75) is 31.8 Å². The molecule has 1 aliphatic carbocycles. The van der Waals surface area contributed by atoms with E-state index in [2.05, 4.69) is 10.3 Å². The summed E-state index contributed by atoms with van der Waals surface area (Å²) in [7, 11) is 1.54. The lowest BCUT2D eigenvalue weighted by atomic mass is 10.0. The SMILES string of the molecule is COc1nc(C(=O)NCC(O)C2CCCC2)cc2ccccc12. The number of hydrogen-bond donors (Lipinski definition) is 2. The van der Waals surface area contributed by atoms with Crippen LogP contribution in [0.5, 0.6) is 5.88 Å². The molecule has 5 nitrogen and oxygen atoms in total. The van der Waals surface area contributed by atoms with Crippen LogP contribution < -0.4 is 10.1 Å². The van der Waals surface area contributed by atoms with E-state index in [1.165, 1.54) is 12.8 Å². The maximum absolute atomic E-state index is 12.3. The third-order valence-corrected chi connectivity index (χ3v) is 4.55. The fourth-order valence-corrected chi connectivity index (χ4v) is 3.24. The highest BCUT2D eigenvalue weighted by atomic mass is 16.5. The number of amides is 1. The molecule has 1 unspecified atom stereocenters. The van der Waals surface area contributed by atoms with Gasteiger partial charge in [0.1, 0.15) is 5.69 Å². The number of benzene rings is 1. The topological polar surface area (TPSA) is 71.5 Å². The van der Waals surface area contributed by atoms with Crippen LogP contribution in [-0.4, -0.2) is 35.8 Å². The first-order chi connectivity index (χ1) is 11.2. The van der Waals surface area contributed by atoms with Crippen molar-refractivity contribution in [2.75, 3.05) is 13.7 Å². The van der Waals surface area contributed by atoms with Crippen LogP contribution in [0.25, 0.3) is 10.8 Å². The molecule has 1 aliphatic rings. The molecule has 1 amide bonds. The average molecular weight is 314 g/mol. The number of aliphatic hydroxyl groups excluding tert-OH is 1. The van der Waals surface area contributed by atoms with Gasteiger partial charge in [-0.25, -0.2) is 4.98 Å². The lowest BCUT2D eigenvalue weighted by Gasteiger charge is -2.18. The van der Waals surface area contributed by atoms with E-state index in [0.717, 1.165) is 23.6 Å². The van der Waals surface area contributed by atoms with E-state index in [0.29, 0.717) is 17.5 Å². The Bertz CT molecular complexity index is 696. The fraction of sp³-hybridized carbons (Fsp3) is 0.444. The number of aromatic nitrogens is 1. The molecule has 122 valence electrons. The molecule has 1 atom stereocenters. The molecule has 1 aromatic heterocycles. The second-order valence-electron chi connectivity index (χ2n) is 6.06. The Kier molecular flexibility index (Phi) is 4.76. The summed E-state index contributed by atoms with van der Waals surface area (Å²) in [5.41, 5.74) is 0.305. The summed E-state index contributed by atoms with van der Waals surface area (Å²) in [6.07, 6.45) is 3.93. The number of pyridine rings is 1. The Morgan fingerprint density at radius 1 is 1.39 bits per heavy atom. The van der Waals surface area contributed by atoms with Crippen molar-refractivity contribution in [1.29, 1.82) is 0 Å². The van der Waals surface area contributed by atoms with Gasteiger partial charge in [-0.15, -0.1) is 0 Å². The molecule has 23 heavy (non-hydrogen) atoms. The number of nitrogens with zero attached hydrogens (tertiary/aromatic N) is 1. The molecule has 2 aromatic rings. The van der Waals surface area contributed by atoms with Gasteiger partial charge in [-0.05, 0) is 36.3 Å². The molecule has 0 radical (unpaired) electrons. The van der Waals surface area contributed by atoms with E-state index in [9.17, 15) is 9.90 Å². The van der Waals surface area contributed by atoms with Crippen LogP contribution in [0.1, 0.15) is 36.2 Å². The van der Waals surface area contributed by atoms with Gasteiger partial charge in [0, 0.05) is 11.9 Å². The monoisotopic (exact) mass is 314 g/mol. The molecular formula is C18H22N2O3. The average Bonchev–Trinajstić information content (AvgIpc) is 3.13. The van der Waals surface area contributed by atoms with E-state index in [1.807, 2.05) is 24.3 Å². The third-order valence-electron chi connectivity index (χ3n) is 4.55. The van der Waals surface area contributed by atoms with Crippen LogP contribution in [-0.2, 0) is 0 Å². The lowest BCUT2D eigenvalue weighted by Crippen LogP contribution is -2.36. The van der Waals surface area contributed by atoms with Gasteiger partial charge < -0.3 is 15.2 Å². The standard InChI is InChI=1S/C18H22N2O3/c1-23-18-14-9-5-4-8-13(14)10-15(20-18)17(22)19-11-16(21)12-6-2-3-7-12/h4-5,8-10,12,16,21H,2-3,6-7,11H2,1H3,(H,19,22). The van der Waals surface area contributed by atoms with Crippen molar-refractivity contribution in [3.05, 3.63) is 36.0 Å². The van der Waals surface area contributed by atoms with Crippen molar-refractivity contribution >= 4 is 16.7 Å². The first kappa shape index (κ1) is 15.7. The van der Waals surface area contributed by atoms with Crippen molar-refractivity contribution in [3.63, 3.8) is 0 Å². The van der Waals surface area contributed by atoms with Gasteiger partial charge in [-0.1, -0.05) is 31.0 Å². The zero-order valence-corrected chi connectivity index (χ0v) is 13.3. The van der Waals surface area contributed by atoms with Gasteiger partial charge in [-0.2, -0.15) is 0 Å². The molecule has 1 fully saturated rings. The quantitative estimate of drug-likeness (QED) is 0.889. The van der Waals surface area contributed by atoms with Crippen LogP contribution in [0.4, 0.5) is 0 Å². The van der Waals surface area contributed by atoms with Gasteiger partial charge in [-0.3, -0.25) is 4.79 Å². The molecule has 0 aliphatic heterocycles. The van der Waals surface area contributed by atoms with E-state index >= 15 is 0 Å². The molecule has 3 rings (SSSR count). The van der Waals surface area contributed by atoms with Crippen LogP contribution >= 0.6 is 0 Å². The predicted octanol–water partition coefficient (Wildman–Crippen LogP) is 2.52. The molecule has 5 heteroatoms. The van der Waals surface area contributed by atoms with Crippen molar-refractivity contribution in [2.24, 2.45) is 5.92 Å². The minimum absolute atomic E-state index is 0.264. The van der Waals surface area contributed by atoms with Crippen LogP contribution in [0.15, 0.2) is 30.3 Å². The van der Waals surface area contributed by atoms with Gasteiger partial charge in [0.05, 0.1) is 13.2 Å². The summed E-state index contributed by atoms with van der Waals surface area (Å²) in [6.45, 7) is 0.264. The number of fused-ring (bicyclic) bond motifs is 1.